The number of hydrogen-bond donors (Lipinski definition) is 1. The molecule has 1 aromatic carbocycles. The van der Waals surface area contributed by atoms with Gasteiger partial charge in [0.1, 0.15) is 0 Å². The molecular weight excluding hydrogens is 352 g/mol. The molecule has 0 unspecified atom stereocenters. The summed E-state index contributed by atoms with van der Waals surface area (Å²) >= 11 is 0. The van der Waals surface area contributed by atoms with Gasteiger partial charge in [-0.1, -0.05) is 18.2 Å². The molecule has 1 fully saturated rings. The fourth-order valence-corrected chi connectivity index (χ4v) is 4.64. The highest BCUT2D eigenvalue weighted by atomic mass is 32.2. The number of sulfonamides is 1. The first-order valence-corrected chi connectivity index (χ1v) is 10.6. The quantitative estimate of drug-likeness (QED) is 0.797. The first-order valence-electron chi connectivity index (χ1n) is 8.98. The zero-order valence-corrected chi connectivity index (χ0v) is 15.9. The molecule has 2 amide bonds. The lowest BCUT2D eigenvalue weighted by molar-refractivity contribution is 0.208. The smallest absolute Gasteiger partial charge is 0.317 e. The van der Waals surface area contributed by atoms with Crippen molar-refractivity contribution in [3.05, 3.63) is 36.5 Å². The highest BCUT2D eigenvalue weighted by molar-refractivity contribution is 7.89. The minimum absolute atomic E-state index is 0.0468. The number of benzene rings is 1. The van der Waals surface area contributed by atoms with E-state index in [0.717, 1.165) is 18.4 Å². The summed E-state index contributed by atoms with van der Waals surface area (Å²) in [5.74, 6) is -0.0468. The first kappa shape index (κ1) is 18.7. The minimum atomic E-state index is -3.26. The number of carbonyl (C=O) groups is 1. The van der Waals surface area contributed by atoms with Gasteiger partial charge in [-0.2, -0.15) is 0 Å². The largest absolute Gasteiger partial charge is 0.346 e. The summed E-state index contributed by atoms with van der Waals surface area (Å²) in [4.78, 5) is 13.8. The molecule has 26 heavy (non-hydrogen) atoms. The molecule has 7 nitrogen and oxygen atoms in total. The van der Waals surface area contributed by atoms with Crippen LogP contribution in [0.25, 0.3) is 10.9 Å². The van der Waals surface area contributed by atoms with Crippen LogP contribution in [0.2, 0.25) is 0 Å². The van der Waals surface area contributed by atoms with Crippen molar-refractivity contribution in [2.24, 2.45) is 0 Å². The summed E-state index contributed by atoms with van der Waals surface area (Å²) in [5.41, 5.74) is 1.14. The normalized spacial score (nSPS) is 15.4. The third-order valence-corrected chi connectivity index (χ3v) is 6.67. The SMILES string of the molecule is CN(CCn1ccc2ccccc21)C(=O)NCCS(=O)(=O)N1CCCC1. The van der Waals surface area contributed by atoms with Crippen LogP contribution in [0.3, 0.4) is 0 Å². The summed E-state index contributed by atoms with van der Waals surface area (Å²) < 4.78 is 27.9. The number of aromatic nitrogens is 1. The average Bonchev–Trinajstić information content (AvgIpc) is 3.30. The molecule has 142 valence electrons. The van der Waals surface area contributed by atoms with Gasteiger partial charge in [0, 0.05) is 51.5 Å². The Morgan fingerprint density at radius 2 is 1.92 bits per heavy atom. The van der Waals surface area contributed by atoms with E-state index >= 15 is 0 Å². The van der Waals surface area contributed by atoms with Crippen molar-refractivity contribution in [1.82, 2.24) is 19.1 Å². The van der Waals surface area contributed by atoms with E-state index in [1.165, 1.54) is 9.69 Å². The predicted molar refractivity (Wildman–Crippen MR) is 103 cm³/mol. The Kier molecular flexibility index (Phi) is 5.83. The summed E-state index contributed by atoms with van der Waals surface area (Å²) in [7, 11) is -1.54. The third-order valence-electron chi connectivity index (χ3n) is 4.80. The lowest BCUT2D eigenvalue weighted by Crippen LogP contribution is -2.42. The van der Waals surface area contributed by atoms with Gasteiger partial charge >= 0.3 is 6.03 Å². The van der Waals surface area contributed by atoms with Gasteiger partial charge in [0.15, 0.2) is 0 Å². The maximum Gasteiger partial charge on any atom is 0.317 e. The summed E-state index contributed by atoms with van der Waals surface area (Å²) in [5, 5.41) is 3.87. The van der Waals surface area contributed by atoms with Gasteiger partial charge in [-0.15, -0.1) is 0 Å². The van der Waals surface area contributed by atoms with Gasteiger partial charge in [0.25, 0.3) is 0 Å². The third kappa shape index (κ3) is 4.37. The number of hydrogen-bond acceptors (Lipinski definition) is 3. The number of carbonyl (C=O) groups excluding carboxylic acids is 1. The van der Waals surface area contributed by atoms with Crippen molar-refractivity contribution in [3.63, 3.8) is 0 Å². The fraction of sp³-hybridized carbons (Fsp3) is 0.500. The summed E-state index contributed by atoms with van der Waals surface area (Å²) in [6, 6.07) is 9.91. The molecule has 0 aliphatic carbocycles. The molecule has 2 heterocycles. The second kappa shape index (κ2) is 8.09. The maximum absolute atomic E-state index is 12.2. The number of nitrogens with zero attached hydrogens (tertiary/aromatic N) is 3. The summed E-state index contributed by atoms with van der Waals surface area (Å²) in [6.07, 6.45) is 3.85. The van der Waals surface area contributed by atoms with Gasteiger partial charge < -0.3 is 14.8 Å². The number of amides is 2. The highest BCUT2D eigenvalue weighted by Crippen LogP contribution is 2.15. The Bertz CT molecular complexity index is 856. The number of fused-ring (bicyclic) bond motifs is 1. The lowest BCUT2D eigenvalue weighted by atomic mass is 10.2. The van der Waals surface area contributed by atoms with Crippen molar-refractivity contribution in [1.29, 1.82) is 0 Å². The van der Waals surface area contributed by atoms with Crippen LogP contribution in [0.1, 0.15) is 12.8 Å². The van der Waals surface area contributed by atoms with Crippen LogP contribution >= 0.6 is 0 Å². The van der Waals surface area contributed by atoms with Crippen LogP contribution in [-0.2, 0) is 16.6 Å². The second-order valence-corrected chi connectivity index (χ2v) is 8.73. The van der Waals surface area contributed by atoms with E-state index in [9.17, 15) is 13.2 Å². The molecule has 0 radical (unpaired) electrons. The number of rotatable bonds is 7. The Morgan fingerprint density at radius 1 is 1.19 bits per heavy atom. The molecule has 0 bridgehead atoms. The van der Waals surface area contributed by atoms with Gasteiger partial charge in [-0.3, -0.25) is 0 Å². The van der Waals surface area contributed by atoms with E-state index in [-0.39, 0.29) is 18.3 Å². The fourth-order valence-electron chi connectivity index (χ4n) is 3.21. The van der Waals surface area contributed by atoms with Crippen LogP contribution in [0, 0.1) is 0 Å². The van der Waals surface area contributed by atoms with Crippen LogP contribution < -0.4 is 5.32 Å². The number of urea groups is 1. The summed E-state index contributed by atoms with van der Waals surface area (Å²) in [6.45, 7) is 2.56. The zero-order valence-electron chi connectivity index (χ0n) is 15.1. The van der Waals surface area contributed by atoms with Gasteiger partial charge in [-0.05, 0) is 30.4 Å². The minimum Gasteiger partial charge on any atom is -0.346 e. The molecule has 1 aliphatic rings. The van der Waals surface area contributed by atoms with Crippen molar-refractivity contribution in [2.45, 2.75) is 19.4 Å². The van der Waals surface area contributed by atoms with E-state index in [4.69, 9.17) is 0 Å². The molecule has 3 rings (SSSR count). The van der Waals surface area contributed by atoms with Crippen LogP contribution in [-0.4, -0.2) is 67.2 Å². The van der Waals surface area contributed by atoms with Gasteiger partial charge in [-0.25, -0.2) is 17.5 Å². The molecule has 0 saturated carbocycles. The van der Waals surface area contributed by atoms with E-state index < -0.39 is 10.0 Å². The molecule has 1 N–H and O–H groups in total. The van der Waals surface area contributed by atoms with Crippen LogP contribution in [0.4, 0.5) is 4.79 Å². The molecule has 0 spiro atoms. The van der Waals surface area contributed by atoms with E-state index in [1.807, 2.05) is 18.3 Å². The molecule has 8 heteroatoms. The van der Waals surface area contributed by atoms with Crippen LogP contribution in [0.5, 0.6) is 0 Å². The van der Waals surface area contributed by atoms with Gasteiger partial charge in [0.2, 0.25) is 10.0 Å². The number of para-hydroxylation sites is 1. The van der Waals surface area contributed by atoms with Crippen molar-refractivity contribution in [3.8, 4) is 0 Å². The van der Waals surface area contributed by atoms with Crippen molar-refractivity contribution in [2.75, 3.05) is 39.0 Å². The maximum atomic E-state index is 12.2. The number of nitrogens with one attached hydrogen (secondary N) is 1. The number of likely N-dealkylation sites (N-methyl/N-ethyl adjacent to an activating group) is 1. The predicted octanol–water partition coefficient (Wildman–Crippen LogP) is 1.71. The molecular formula is C18H26N4O3S. The van der Waals surface area contributed by atoms with E-state index in [2.05, 4.69) is 28.1 Å². The molecule has 1 aromatic heterocycles. The average molecular weight is 378 g/mol. The Morgan fingerprint density at radius 3 is 2.69 bits per heavy atom. The zero-order chi connectivity index (χ0) is 18.6. The Labute approximate surface area is 154 Å². The van der Waals surface area contributed by atoms with Crippen LogP contribution in [0.15, 0.2) is 36.5 Å². The topological polar surface area (TPSA) is 74.6 Å². The molecule has 2 aromatic rings. The highest BCUT2D eigenvalue weighted by Gasteiger charge is 2.25. The molecule has 1 saturated heterocycles. The first-order chi connectivity index (χ1) is 12.5. The van der Waals surface area contributed by atoms with E-state index in [1.54, 1.807) is 11.9 Å². The molecule has 1 aliphatic heterocycles. The van der Waals surface area contributed by atoms with E-state index in [0.29, 0.717) is 26.2 Å². The molecule has 0 atom stereocenters. The monoisotopic (exact) mass is 378 g/mol. The van der Waals surface area contributed by atoms with Crippen molar-refractivity contribution >= 4 is 27.0 Å². The Hall–Kier alpha value is -2.06. The standard InChI is InChI=1S/C18H26N4O3S/c1-20(13-14-21-12-8-16-6-2-3-7-17(16)21)18(23)19-9-15-26(24,25)22-10-4-5-11-22/h2-3,6-8,12H,4-5,9-11,13-15H2,1H3,(H,19,23). The second-order valence-electron chi connectivity index (χ2n) is 6.64. The van der Waals surface area contributed by atoms with Gasteiger partial charge in [0.05, 0.1) is 5.75 Å². The lowest BCUT2D eigenvalue weighted by Gasteiger charge is -2.20. The van der Waals surface area contributed by atoms with Crippen molar-refractivity contribution < 1.29 is 13.2 Å². The Balaban J connectivity index is 1.44.